The third kappa shape index (κ3) is 4.72. The number of esters is 1. The molecule has 1 heterocycles. The van der Waals surface area contributed by atoms with E-state index in [-0.39, 0.29) is 11.9 Å². The van der Waals surface area contributed by atoms with Crippen molar-refractivity contribution in [3.05, 3.63) is 113 Å². The van der Waals surface area contributed by atoms with E-state index in [0.717, 1.165) is 37.1 Å². The second-order valence-electron chi connectivity index (χ2n) is 8.72. The molecule has 1 aliphatic carbocycles. The van der Waals surface area contributed by atoms with E-state index in [2.05, 4.69) is 71.1 Å². The van der Waals surface area contributed by atoms with E-state index < -0.39 is 0 Å². The van der Waals surface area contributed by atoms with Crippen molar-refractivity contribution < 1.29 is 9.53 Å². The van der Waals surface area contributed by atoms with E-state index in [1.165, 1.54) is 23.6 Å². The summed E-state index contributed by atoms with van der Waals surface area (Å²) in [5.41, 5.74) is 5.80. The van der Waals surface area contributed by atoms with Crippen LogP contribution < -0.4 is 4.74 Å². The van der Waals surface area contributed by atoms with Crippen LogP contribution in [0.1, 0.15) is 47.2 Å². The van der Waals surface area contributed by atoms with Crippen molar-refractivity contribution in [2.75, 3.05) is 0 Å². The maximum Gasteiger partial charge on any atom is 0.308 e. The van der Waals surface area contributed by atoms with Crippen LogP contribution in [0.2, 0.25) is 0 Å². The van der Waals surface area contributed by atoms with Crippen molar-refractivity contribution in [1.29, 1.82) is 0 Å². The van der Waals surface area contributed by atoms with Crippen LogP contribution in [0.4, 0.5) is 0 Å². The fourth-order valence-electron chi connectivity index (χ4n) is 4.88. The zero-order valence-corrected chi connectivity index (χ0v) is 18.7. The highest BCUT2D eigenvalue weighted by Crippen LogP contribution is 2.34. The number of carbonyl (C=O) groups is 1. The van der Waals surface area contributed by atoms with E-state index in [4.69, 9.17) is 4.74 Å². The highest BCUT2D eigenvalue weighted by atomic mass is 16.5. The average molecular weight is 438 g/mol. The second kappa shape index (κ2) is 9.41. The molecule has 4 aromatic rings. The van der Waals surface area contributed by atoms with Gasteiger partial charge in [-0.1, -0.05) is 78.0 Å². The minimum absolute atomic E-state index is 0.0551. The van der Waals surface area contributed by atoms with Crippen LogP contribution in [0.5, 0.6) is 5.75 Å². The van der Waals surface area contributed by atoms with Gasteiger partial charge in [0, 0.05) is 19.7 Å². The Bertz CT molecular complexity index is 1200. The van der Waals surface area contributed by atoms with Gasteiger partial charge in [0.15, 0.2) is 0 Å². The number of ether oxygens (including phenoxy) is 1. The molecule has 0 saturated carbocycles. The lowest BCUT2D eigenvalue weighted by atomic mass is 9.83. The molecular weight excluding hydrogens is 410 g/mol. The van der Waals surface area contributed by atoms with Gasteiger partial charge in [0.25, 0.3) is 0 Å². The van der Waals surface area contributed by atoms with Crippen molar-refractivity contribution in [2.24, 2.45) is 5.92 Å². The van der Waals surface area contributed by atoms with Gasteiger partial charge < -0.3 is 4.74 Å². The van der Waals surface area contributed by atoms with E-state index in [9.17, 15) is 4.79 Å². The normalized spacial score (nSPS) is 15.3. The molecule has 0 bridgehead atoms. The van der Waals surface area contributed by atoms with Gasteiger partial charge in [0.1, 0.15) is 5.75 Å². The van der Waals surface area contributed by atoms with Crippen LogP contribution in [-0.4, -0.2) is 21.0 Å². The molecule has 1 aliphatic rings. The Balaban J connectivity index is 1.35. The smallest absolute Gasteiger partial charge is 0.308 e. The molecule has 0 N–H and O–H groups in total. The summed E-state index contributed by atoms with van der Waals surface area (Å²) in [4.78, 5) is 11.4. The van der Waals surface area contributed by atoms with Crippen LogP contribution in [0, 0.1) is 5.92 Å². The highest BCUT2D eigenvalue weighted by molar-refractivity contribution is 5.70. The zero-order valence-electron chi connectivity index (χ0n) is 18.7. The van der Waals surface area contributed by atoms with E-state index >= 15 is 0 Å². The summed E-state index contributed by atoms with van der Waals surface area (Å²) < 4.78 is 7.40. The lowest BCUT2D eigenvalue weighted by Crippen LogP contribution is -2.21. The predicted octanol–water partition coefficient (Wildman–Crippen LogP) is 5.19. The van der Waals surface area contributed by atoms with Crippen molar-refractivity contribution in [2.45, 2.75) is 38.6 Å². The SMILES string of the molecule is CC(=O)Oc1cccc2c1CCC(Cn1cc(C(c3ccccc3)c3ccccc3)nn1)C2. The van der Waals surface area contributed by atoms with Gasteiger partial charge in [-0.2, -0.15) is 0 Å². The summed E-state index contributed by atoms with van der Waals surface area (Å²) >= 11 is 0. The predicted molar refractivity (Wildman–Crippen MR) is 127 cm³/mol. The summed E-state index contributed by atoms with van der Waals surface area (Å²) in [5.74, 6) is 0.952. The number of carbonyl (C=O) groups excluding carboxylic acids is 1. The minimum Gasteiger partial charge on any atom is -0.426 e. The first-order valence-corrected chi connectivity index (χ1v) is 11.5. The topological polar surface area (TPSA) is 57.0 Å². The molecule has 0 fully saturated rings. The molecule has 5 rings (SSSR count). The van der Waals surface area contributed by atoms with Crippen molar-refractivity contribution in [3.63, 3.8) is 0 Å². The fourth-order valence-corrected chi connectivity index (χ4v) is 4.88. The Hall–Kier alpha value is -3.73. The van der Waals surface area contributed by atoms with Crippen LogP contribution in [-0.2, 0) is 24.2 Å². The van der Waals surface area contributed by atoms with Gasteiger partial charge in [0.2, 0.25) is 0 Å². The molecule has 0 saturated heterocycles. The number of hydrogen-bond acceptors (Lipinski definition) is 4. The second-order valence-corrected chi connectivity index (χ2v) is 8.72. The van der Waals surface area contributed by atoms with E-state index in [1.807, 2.05) is 28.9 Å². The largest absolute Gasteiger partial charge is 0.426 e. The van der Waals surface area contributed by atoms with Crippen molar-refractivity contribution in [1.82, 2.24) is 15.0 Å². The summed E-state index contributed by atoms with van der Waals surface area (Å²) in [6.45, 7) is 2.27. The van der Waals surface area contributed by atoms with Crippen LogP contribution in [0.3, 0.4) is 0 Å². The minimum atomic E-state index is -0.271. The Morgan fingerprint density at radius 1 is 1.00 bits per heavy atom. The average Bonchev–Trinajstić information content (AvgIpc) is 3.28. The number of fused-ring (bicyclic) bond motifs is 1. The van der Waals surface area contributed by atoms with Crippen molar-refractivity contribution >= 4 is 5.97 Å². The van der Waals surface area contributed by atoms with Crippen molar-refractivity contribution in [3.8, 4) is 5.75 Å². The molecule has 166 valence electrons. The molecule has 1 atom stereocenters. The maximum absolute atomic E-state index is 11.4. The molecular formula is C28H27N3O2. The molecule has 0 spiro atoms. The summed E-state index contributed by atoms with van der Waals surface area (Å²) in [5, 5.41) is 9.07. The number of aromatic nitrogens is 3. The number of rotatable bonds is 6. The molecule has 5 heteroatoms. The Labute approximate surface area is 194 Å². The molecule has 33 heavy (non-hydrogen) atoms. The summed E-state index contributed by atoms with van der Waals surface area (Å²) in [6.07, 6.45) is 4.97. The van der Waals surface area contributed by atoms with E-state index in [0.29, 0.717) is 11.7 Å². The Kier molecular flexibility index (Phi) is 6.03. The van der Waals surface area contributed by atoms with Gasteiger partial charge in [-0.25, -0.2) is 0 Å². The summed E-state index contributed by atoms with van der Waals surface area (Å²) in [7, 11) is 0. The van der Waals surface area contributed by atoms with Crippen LogP contribution >= 0.6 is 0 Å². The standard InChI is InChI=1S/C28H27N3O2/c1-20(32)33-27-14-8-13-24-17-21(15-16-25(24)27)18-31-19-26(29-30-31)28(22-9-4-2-5-10-22)23-11-6-3-7-12-23/h2-14,19,21,28H,15-18H2,1H3. The first kappa shape index (κ1) is 21.1. The third-order valence-electron chi connectivity index (χ3n) is 6.36. The zero-order chi connectivity index (χ0) is 22.6. The quantitative estimate of drug-likeness (QED) is 0.308. The Morgan fingerprint density at radius 2 is 1.70 bits per heavy atom. The molecule has 5 nitrogen and oxygen atoms in total. The maximum atomic E-state index is 11.4. The molecule has 0 aliphatic heterocycles. The molecule has 0 amide bonds. The van der Waals surface area contributed by atoms with Gasteiger partial charge in [0.05, 0.1) is 11.6 Å². The summed E-state index contributed by atoms with van der Waals surface area (Å²) in [6, 6.07) is 26.9. The first-order valence-electron chi connectivity index (χ1n) is 11.5. The first-order chi connectivity index (χ1) is 16.2. The molecule has 0 radical (unpaired) electrons. The molecule has 3 aromatic carbocycles. The highest BCUT2D eigenvalue weighted by Gasteiger charge is 2.24. The number of benzene rings is 3. The lowest BCUT2D eigenvalue weighted by Gasteiger charge is -2.25. The monoisotopic (exact) mass is 437 g/mol. The van der Waals surface area contributed by atoms with E-state index in [1.54, 1.807) is 0 Å². The lowest BCUT2D eigenvalue weighted by molar-refractivity contribution is -0.131. The van der Waals surface area contributed by atoms with Crippen LogP contribution in [0.25, 0.3) is 0 Å². The van der Waals surface area contributed by atoms with Crippen LogP contribution in [0.15, 0.2) is 85.1 Å². The van der Waals surface area contributed by atoms with Gasteiger partial charge in [-0.15, -0.1) is 5.10 Å². The van der Waals surface area contributed by atoms with Gasteiger partial charge in [-0.3, -0.25) is 9.48 Å². The molecule has 1 unspecified atom stereocenters. The fraction of sp³-hybridized carbons (Fsp3) is 0.250. The Morgan fingerprint density at radius 3 is 2.36 bits per heavy atom. The number of hydrogen-bond donors (Lipinski definition) is 0. The molecule has 1 aromatic heterocycles. The third-order valence-corrected chi connectivity index (χ3v) is 6.36. The van der Waals surface area contributed by atoms with Gasteiger partial charge in [-0.05, 0) is 53.5 Å². The number of nitrogens with zero attached hydrogens (tertiary/aromatic N) is 3. The van der Waals surface area contributed by atoms with Gasteiger partial charge >= 0.3 is 5.97 Å².